The lowest BCUT2D eigenvalue weighted by molar-refractivity contribution is -0.322. The smallest absolute Gasteiger partial charge is 0.338 e. The zero-order valence-electron chi connectivity index (χ0n) is 27.3. The minimum Gasteiger partial charge on any atom is -0.455 e. The first kappa shape index (κ1) is 32.4. The second kappa shape index (κ2) is 10.9. The third-order valence-electron chi connectivity index (χ3n) is 13.2. The fourth-order valence-electron chi connectivity index (χ4n) is 12.3. The maximum atomic E-state index is 13.8. The number of fused-ring (bicyclic) bond motifs is 2. The number of aliphatic hydroxyl groups excluding tert-OH is 2. The molecule has 7 rings (SSSR count). The van der Waals surface area contributed by atoms with E-state index in [4.69, 9.17) is 28.4 Å². The zero-order valence-corrected chi connectivity index (χ0v) is 27.3. The SMILES string of the molecule is CCN1C[C@@]2(COC)C3C(OC)[C@H]4[C@@H]1[C@]3(C(OC)C[C@H]2O)C1C[C@@]2(O)C(OC(=O)c3ccccc3)C1[C@]4(OC(C)=O)[C@@H](O)C2OC. The molecule has 6 fully saturated rings. The molecule has 3 N–H and O–H groups in total. The summed E-state index contributed by atoms with van der Waals surface area (Å²) in [6.45, 7) is 4.68. The van der Waals surface area contributed by atoms with Crippen molar-refractivity contribution in [3.8, 4) is 0 Å². The third-order valence-corrected chi connectivity index (χ3v) is 13.2. The number of piperidine rings is 1. The van der Waals surface area contributed by atoms with Crippen LogP contribution in [0.4, 0.5) is 0 Å². The first-order valence-electron chi connectivity index (χ1n) is 16.3. The quantitative estimate of drug-likeness (QED) is 0.323. The van der Waals surface area contributed by atoms with Crippen LogP contribution in [0.3, 0.4) is 0 Å². The summed E-state index contributed by atoms with van der Waals surface area (Å²) in [5.74, 6) is -3.65. The second-order valence-corrected chi connectivity index (χ2v) is 14.4. The minimum atomic E-state index is -1.83. The predicted octanol–water partition coefficient (Wildman–Crippen LogP) is 0.648. The summed E-state index contributed by atoms with van der Waals surface area (Å²) < 4.78 is 37.4. The molecular weight excluding hydrogens is 598 g/mol. The van der Waals surface area contributed by atoms with Gasteiger partial charge in [0.2, 0.25) is 0 Å². The van der Waals surface area contributed by atoms with Crippen LogP contribution in [0, 0.1) is 34.5 Å². The summed E-state index contributed by atoms with van der Waals surface area (Å²) in [4.78, 5) is 29.3. The van der Waals surface area contributed by atoms with Crippen LogP contribution in [0.2, 0.25) is 0 Å². The van der Waals surface area contributed by atoms with Gasteiger partial charge in [0.25, 0.3) is 0 Å². The Morgan fingerprint density at radius 1 is 1.00 bits per heavy atom. The Hall–Kier alpha value is -2.16. The molecule has 7 bridgehead atoms. The van der Waals surface area contributed by atoms with E-state index in [1.54, 1.807) is 51.7 Å². The average molecular weight is 646 g/mol. The van der Waals surface area contributed by atoms with E-state index >= 15 is 0 Å². The lowest BCUT2D eigenvalue weighted by Crippen LogP contribution is -2.81. The summed E-state index contributed by atoms with van der Waals surface area (Å²) in [6, 6.07) is 8.18. The number of benzene rings is 1. The molecule has 46 heavy (non-hydrogen) atoms. The van der Waals surface area contributed by atoms with Crippen molar-refractivity contribution in [1.82, 2.24) is 4.90 Å². The van der Waals surface area contributed by atoms with Gasteiger partial charge in [-0.25, -0.2) is 4.79 Å². The molecule has 12 heteroatoms. The lowest BCUT2D eigenvalue weighted by atomic mass is 9.42. The van der Waals surface area contributed by atoms with Gasteiger partial charge in [-0.3, -0.25) is 9.69 Å². The van der Waals surface area contributed by atoms with Crippen molar-refractivity contribution in [2.45, 2.75) is 80.6 Å². The number of rotatable bonds is 9. The molecule has 7 unspecified atom stereocenters. The Labute approximate surface area is 269 Å². The maximum Gasteiger partial charge on any atom is 0.338 e. The Balaban J connectivity index is 1.53. The summed E-state index contributed by atoms with van der Waals surface area (Å²) in [5.41, 5.74) is -4.79. The van der Waals surface area contributed by atoms with Crippen LogP contribution in [0.5, 0.6) is 0 Å². The van der Waals surface area contributed by atoms with Gasteiger partial charge in [0, 0.05) is 83.0 Å². The molecular formula is C34H47NO11. The van der Waals surface area contributed by atoms with Gasteiger partial charge >= 0.3 is 11.9 Å². The van der Waals surface area contributed by atoms with Gasteiger partial charge in [0.1, 0.15) is 23.9 Å². The number of methoxy groups -OCH3 is 4. The number of hydrogen-bond donors (Lipinski definition) is 3. The van der Waals surface area contributed by atoms with Crippen LogP contribution in [0.1, 0.15) is 37.0 Å². The van der Waals surface area contributed by atoms with E-state index in [2.05, 4.69) is 4.90 Å². The van der Waals surface area contributed by atoms with Gasteiger partial charge in [0.15, 0.2) is 5.60 Å². The van der Waals surface area contributed by atoms with E-state index in [-0.39, 0.29) is 25.0 Å². The Bertz CT molecular complexity index is 1360. The number of ether oxygens (including phenoxy) is 6. The molecule has 6 aliphatic rings. The molecule has 5 aliphatic carbocycles. The zero-order chi connectivity index (χ0) is 33.0. The van der Waals surface area contributed by atoms with Crippen molar-refractivity contribution in [2.24, 2.45) is 34.5 Å². The van der Waals surface area contributed by atoms with Gasteiger partial charge in [-0.05, 0) is 31.0 Å². The van der Waals surface area contributed by atoms with Crippen LogP contribution in [-0.4, -0.2) is 134 Å². The van der Waals surface area contributed by atoms with E-state index in [1.165, 1.54) is 14.0 Å². The summed E-state index contributed by atoms with van der Waals surface area (Å²) in [5, 5.41) is 37.3. The molecule has 1 saturated heterocycles. The van der Waals surface area contributed by atoms with Crippen molar-refractivity contribution in [2.75, 3.05) is 48.1 Å². The molecule has 1 aliphatic heterocycles. The van der Waals surface area contributed by atoms with E-state index in [1.807, 2.05) is 6.92 Å². The van der Waals surface area contributed by atoms with Gasteiger partial charge in [-0.2, -0.15) is 0 Å². The number of likely N-dealkylation sites (tertiary alicyclic amines) is 1. The lowest BCUT2D eigenvalue weighted by Gasteiger charge is -2.70. The van der Waals surface area contributed by atoms with Crippen LogP contribution in [0.15, 0.2) is 30.3 Å². The van der Waals surface area contributed by atoms with Gasteiger partial charge in [0.05, 0.1) is 30.5 Å². The molecule has 0 radical (unpaired) electrons. The minimum absolute atomic E-state index is 0.0791. The van der Waals surface area contributed by atoms with E-state index in [0.29, 0.717) is 25.1 Å². The molecule has 0 amide bonds. The highest BCUT2D eigenvalue weighted by atomic mass is 16.6. The van der Waals surface area contributed by atoms with E-state index in [9.17, 15) is 24.9 Å². The average Bonchev–Trinajstić information content (AvgIpc) is 3.41. The standard InChI is InChI=1S/C34H47NO11/c1-7-35-15-31(16-41-3)20(37)13-21(42-4)33-19-14-32(40)28(45-30(39)18-11-9-8-10-12-18)22(19)34(46-17(2)36,27(38)29(32)44-6)23(26(33)35)24(43-5)25(31)33/h8-12,19-29,37-38,40H,7,13-16H2,1-6H3/t19?,20-,21?,22?,23+,24?,25?,26-,27+,28?,29?,31+,32-,33+,34-/m1/s1. The van der Waals surface area contributed by atoms with E-state index in [0.717, 1.165) is 0 Å². The number of nitrogens with zero attached hydrogens (tertiary/aromatic N) is 1. The molecule has 15 atom stereocenters. The highest BCUT2D eigenvalue weighted by molar-refractivity contribution is 5.89. The van der Waals surface area contributed by atoms with Gasteiger partial charge in [-0.1, -0.05) is 25.1 Å². The number of esters is 2. The first-order valence-corrected chi connectivity index (χ1v) is 16.3. The highest BCUT2D eigenvalue weighted by Gasteiger charge is 2.92. The van der Waals surface area contributed by atoms with Crippen LogP contribution >= 0.6 is 0 Å². The van der Waals surface area contributed by atoms with Crippen LogP contribution in [-0.2, 0) is 33.2 Å². The molecule has 1 heterocycles. The topological polar surface area (TPSA) is 153 Å². The van der Waals surface area contributed by atoms with Gasteiger partial charge < -0.3 is 43.7 Å². The number of carbonyl (C=O) groups excluding carboxylic acids is 2. The largest absolute Gasteiger partial charge is 0.455 e. The normalized spacial score (nSPS) is 49.9. The first-order chi connectivity index (χ1) is 22.0. The molecule has 12 nitrogen and oxygen atoms in total. The molecule has 254 valence electrons. The van der Waals surface area contributed by atoms with Crippen molar-refractivity contribution < 1.29 is 53.3 Å². The van der Waals surface area contributed by atoms with Gasteiger partial charge in [-0.15, -0.1) is 0 Å². The molecule has 1 spiro atoms. The number of hydrogen-bond acceptors (Lipinski definition) is 12. The maximum absolute atomic E-state index is 13.8. The fraction of sp³-hybridized carbons (Fsp3) is 0.765. The monoisotopic (exact) mass is 645 g/mol. The third kappa shape index (κ3) is 3.62. The fourth-order valence-corrected chi connectivity index (χ4v) is 12.3. The van der Waals surface area contributed by atoms with Crippen molar-refractivity contribution >= 4 is 11.9 Å². The summed E-state index contributed by atoms with van der Waals surface area (Å²) in [6.07, 6.45) is -5.49. The Kier molecular flexibility index (Phi) is 7.69. The summed E-state index contributed by atoms with van der Waals surface area (Å²) in [7, 11) is 6.27. The number of aliphatic hydroxyl groups is 3. The Morgan fingerprint density at radius 2 is 1.72 bits per heavy atom. The number of carbonyl (C=O) groups is 2. The van der Waals surface area contributed by atoms with Crippen molar-refractivity contribution in [3.63, 3.8) is 0 Å². The van der Waals surface area contributed by atoms with Crippen molar-refractivity contribution in [3.05, 3.63) is 35.9 Å². The molecule has 0 aromatic heterocycles. The molecule has 1 aromatic carbocycles. The predicted molar refractivity (Wildman–Crippen MR) is 160 cm³/mol. The Morgan fingerprint density at radius 3 is 2.30 bits per heavy atom. The molecule has 5 saturated carbocycles. The highest BCUT2D eigenvalue weighted by Crippen LogP contribution is 2.80. The van der Waals surface area contributed by atoms with E-state index < -0.39 is 88.3 Å². The molecule has 1 aromatic rings. The summed E-state index contributed by atoms with van der Waals surface area (Å²) >= 11 is 0. The van der Waals surface area contributed by atoms with Crippen LogP contribution < -0.4 is 0 Å². The second-order valence-electron chi connectivity index (χ2n) is 14.4. The van der Waals surface area contributed by atoms with Crippen molar-refractivity contribution in [1.29, 1.82) is 0 Å². The van der Waals surface area contributed by atoms with Crippen LogP contribution in [0.25, 0.3) is 0 Å².